The number of rotatable bonds is 2. The van der Waals surface area contributed by atoms with Crippen LogP contribution < -0.4 is 5.50 Å². The molecule has 0 bridgehead atoms. The van der Waals surface area contributed by atoms with E-state index in [-0.39, 0.29) is 0 Å². The van der Waals surface area contributed by atoms with Gasteiger partial charge in [0, 0.05) is 0 Å². The molecule has 1 nitrogen and oxygen atoms in total. The molecule has 1 atom stereocenters. The van der Waals surface area contributed by atoms with Crippen LogP contribution in [0.25, 0.3) is 0 Å². The van der Waals surface area contributed by atoms with Gasteiger partial charge < -0.3 is 4.42 Å². The minimum Gasteiger partial charge on any atom is -0.465 e. The Kier molecular flexibility index (Phi) is 2.29. The van der Waals surface area contributed by atoms with Crippen LogP contribution in [0.1, 0.15) is 18.9 Å². The van der Waals surface area contributed by atoms with Crippen LogP contribution in [0.4, 0.5) is 0 Å². The maximum absolute atomic E-state index is 5.08. The van der Waals surface area contributed by atoms with Crippen LogP contribution in [0.15, 0.2) is 16.7 Å². The molecule has 0 N–H and O–H groups in total. The second kappa shape index (κ2) is 3.03. The van der Waals surface area contributed by atoms with E-state index >= 15 is 0 Å². The monoisotopic (exact) mass is 142 g/mol. The van der Waals surface area contributed by atoms with Gasteiger partial charge in [-0.3, -0.25) is 0 Å². The van der Waals surface area contributed by atoms with Gasteiger partial charge in [-0.1, -0.05) is 22.6 Å². The van der Waals surface area contributed by atoms with Gasteiger partial charge in [0.25, 0.3) is 0 Å². The van der Waals surface area contributed by atoms with Crippen molar-refractivity contribution in [2.75, 3.05) is 0 Å². The zero-order chi connectivity index (χ0) is 6.69. The van der Waals surface area contributed by atoms with Crippen LogP contribution in [0.3, 0.4) is 0 Å². The van der Waals surface area contributed by atoms with Gasteiger partial charge in [0.2, 0.25) is 0 Å². The molecule has 0 radical (unpaired) electrons. The molecule has 1 aromatic heterocycles. The summed E-state index contributed by atoms with van der Waals surface area (Å²) in [7, 11) is 2.58. The summed E-state index contributed by atoms with van der Waals surface area (Å²) in [5.41, 5.74) is 2.29. The third-order valence-electron chi connectivity index (χ3n) is 1.30. The van der Waals surface area contributed by atoms with E-state index in [9.17, 15) is 0 Å². The summed E-state index contributed by atoms with van der Waals surface area (Å²) in [6.07, 6.45) is 4.03. The smallest absolute Gasteiger partial charge is 0.122 e. The molecule has 2 heteroatoms. The van der Waals surface area contributed by atoms with E-state index in [1.807, 2.05) is 6.07 Å². The van der Waals surface area contributed by atoms with Crippen LogP contribution in [0.2, 0.25) is 0 Å². The molecule has 0 aromatic carbocycles. The van der Waals surface area contributed by atoms with Gasteiger partial charge in [0.15, 0.2) is 0 Å². The molecule has 0 fully saturated rings. The van der Waals surface area contributed by atoms with Gasteiger partial charge in [-0.25, -0.2) is 0 Å². The summed E-state index contributed by atoms with van der Waals surface area (Å²) < 4.78 is 5.08. The second-order valence-corrected chi connectivity index (χ2v) is 2.58. The average Bonchev–Trinajstić information content (AvgIpc) is 2.18. The van der Waals surface area contributed by atoms with Crippen LogP contribution in [0, 0.1) is 0 Å². The topological polar surface area (TPSA) is 13.1 Å². The summed E-state index contributed by atoms with van der Waals surface area (Å²) in [5.74, 6) is 0. The van der Waals surface area contributed by atoms with E-state index in [4.69, 9.17) is 4.42 Å². The fourth-order valence-corrected chi connectivity index (χ4v) is 1.14. The Hall–Kier alpha value is -0.290. The maximum atomic E-state index is 5.08. The third-order valence-corrected chi connectivity index (χ3v) is 1.81. The first kappa shape index (κ1) is 6.82. The highest BCUT2D eigenvalue weighted by Crippen LogP contribution is 2.03. The van der Waals surface area contributed by atoms with Crippen molar-refractivity contribution in [3.63, 3.8) is 0 Å². The standard InChI is InChI=1S/C7H11OP/c1-2-3-6-4-5-8-7(6)9/h4-5H,2-3,9H2,1H3. The van der Waals surface area contributed by atoms with Gasteiger partial charge in [0.1, 0.15) is 5.50 Å². The molecule has 0 amide bonds. The molecular formula is C7H11OP. The van der Waals surface area contributed by atoms with Crippen molar-refractivity contribution in [2.24, 2.45) is 0 Å². The lowest BCUT2D eigenvalue weighted by Crippen LogP contribution is -1.93. The fraction of sp³-hybridized carbons (Fsp3) is 0.429. The molecule has 1 rings (SSSR count). The van der Waals surface area contributed by atoms with Crippen molar-refractivity contribution >= 4 is 14.7 Å². The van der Waals surface area contributed by atoms with Crippen molar-refractivity contribution in [1.82, 2.24) is 0 Å². The van der Waals surface area contributed by atoms with Crippen LogP contribution in [-0.4, -0.2) is 0 Å². The summed E-state index contributed by atoms with van der Waals surface area (Å²) in [5, 5.41) is 0. The molecule has 1 unspecified atom stereocenters. The summed E-state index contributed by atoms with van der Waals surface area (Å²) >= 11 is 0. The van der Waals surface area contributed by atoms with E-state index in [1.54, 1.807) is 6.26 Å². The summed E-state index contributed by atoms with van der Waals surface area (Å²) in [6, 6.07) is 2.02. The lowest BCUT2D eigenvalue weighted by Gasteiger charge is -1.90. The van der Waals surface area contributed by atoms with E-state index in [1.165, 1.54) is 12.0 Å². The molecule has 1 heterocycles. The van der Waals surface area contributed by atoms with Crippen molar-refractivity contribution in [1.29, 1.82) is 0 Å². The molecular weight excluding hydrogens is 131 g/mol. The fourth-order valence-electron chi connectivity index (χ4n) is 0.823. The summed E-state index contributed by atoms with van der Waals surface area (Å²) in [6.45, 7) is 2.16. The Bertz CT molecular complexity index is 181. The third kappa shape index (κ3) is 1.56. The molecule has 0 spiro atoms. The Morgan fingerprint density at radius 1 is 1.67 bits per heavy atom. The van der Waals surface area contributed by atoms with Crippen molar-refractivity contribution < 1.29 is 4.42 Å². The quantitative estimate of drug-likeness (QED) is 0.573. The molecule has 0 saturated heterocycles. The highest BCUT2D eigenvalue weighted by atomic mass is 31.0. The molecule has 0 saturated carbocycles. The van der Waals surface area contributed by atoms with Gasteiger partial charge in [0.05, 0.1) is 6.26 Å². The van der Waals surface area contributed by atoms with Gasteiger partial charge >= 0.3 is 0 Å². The minimum absolute atomic E-state index is 0.983. The maximum Gasteiger partial charge on any atom is 0.122 e. The van der Waals surface area contributed by atoms with Crippen molar-refractivity contribution in [3.05, 3.63) is 17.9 Å². The zero-order valence-corrected chi connectivity index (χ0v) is 6.71. The first-order chi connectivity index (χ1) is 4.34. The molecule has 50 valence electrons. The predicted molar refractivity (Wildman–Crippen MR) is 42.0 cm³/mol. The Morgan fingerprint density at radius 2 is 2.44 bits per heavy atom. The van der Waals surface area contributed by atoms with Crippen LogP contribution in [-0.2, 0) is 6.42 Å². The number of hydrogen-bond acceptors (Lipinski definition) is 1. The largest absolute Gasteiger partial charge is 0.465 e. The number of furan rings is 1. The number of aryl methyl sites for hydroxylation is 1. The van der Waals surface area contributed by atoms with Crippen molar-refractivity contribution in [2.45, 2.75) is 19.8 Å². The lowest BCUT2D eigenvalue weighted by atomic mass is 10.2. The number of hydrogen-bond donors (Lipinski definition) is 0. The van der Waals surface area contributed by atoms with Gasteiger partial charge in [-0.2, -0.15) is 0 Å². The van der Waals surface area contributed by atoms with Crippen LogP contribution in [0.5, 0.6) is 0 Å². The molecule has 0 aliphatic heterocycles. The predicted octanol–water partition coefficient (Wildman–Crippen LogP) is 1.73. The van der Waals surface area contributed by atoms with E-state index < -0.39 is 0 Å². The summed E-state index contributed by atoms with van der Waals surface area (Å²) in [4.78, 5) is 0. The molecule has 1 aromatic rings. The normalized spacial score (nSPS) is 10.0. The molecule has 0 aliphatic rings. The van der Waals surface area contributed by atoms with Crippen LogP contribution >= 0.6 is 9.24 Å². The Morgan fingerprint density at radius 3 is 2.89 bits per heavy atom. The van der Waals surface area contributed by atoms with E-state index in [2.05, 4.69) is 16.2 Å². The minimum atomic E-state index is 0.983. The average molecular weight is 142 g/mol. The first-order valence-electron chi connectivity index (χ1n) is 3.16. The Balaban J connectivity index is 2.69. The molecule has 0 aliphatic carbocycles. The second-order valence-electron chi connectivity index (χ2n) is 2.06. The SMILES string of the molecule is CCCc1ccoc1P. The van der Waals surface area contributed by atoms with Gasteiger partial charge in [-0.15, -0.1) is 0 Å². The lowest BCUT2D eigenvalue weighted by molar-refractivity contribution is 0.601. The van der Waals surface area contributed by atoms with Gasteiger partial charge in [-0.05, 0) is 18.1 Å². The highest BCUT2D eigenvalue weighted by Gasteiger charge is 1.97. The van der Waals surface area contributed by atoms with Crippen molar-refractivity contribution in [3.8, 4) is 0 Å². The molecule has 9 heavy (non-hydrogen) atoms. The van der Waals surface area contributed by atoms with E-state index in [0.717, 1.165) is 11.9 Å². The van der Waals surface area contributed by atoms with E-state index in [0.29, 0.717) is 0 Å². The first-order valence-corrected chi connectivity index (χ1v) is 3.74. The zero-order valence-electron chi connectivity index (χ0n) is 5.55. The Labute approximate surface area is 57.7 Å². The highest BCUT2D eigenvalue weighted by molar-refractivity contribution is 7.26.